The zero-order chi connectivity index (χ0) is 18.4. The van der Waals surface area contributed by atoms with Crippen molar-refractivity contribution >= 4 is 17.3 Å². The van der Waals surface area contributed by atoms with Crippen molar-refractivity contribution in [3.8, 4) is 5.75 Å². The predicted molar refractivity (Wildman–Crippen MR) is 105 cm³/mol. The van der Waals surface area contributed by atoms with Crippen molar-refractivity contribution < 1.29 is 9.53 Å². The van der Waals surface area contributed by atoms with Crippen LogP contribution >= 0.6 is 0 Å². The molecule has 1 amide bonds. The fourth-order valence-electron chi connectivity index (χ4n) is 2.85. The Balaban J connectivity index is 1.97. The summed E-state index contributed by atoms with van der Waals surface area (Å²) in [5.41, 5.74) is 5.41. The number of para-hydroxylation sites is 1. The lowest BCUT2D eigenvalue weighted by Crippen LogP contribution is -2.17. The second kappa shape index (κ2) is 8.56. The zero-order valence-electron chi connectivity index (χ0n) is 15.8. The second-order valence-corrected chi connectivity index (χ2v) is 6.62. The molecule has 0 spiro atoms. The minimum atomic E-state index is -0.0314. The first-order valence-corrected chi connectivity index (χ1v) is 8.70. The van der Waals surface area contributed by atoms with Crippen molar-refractivity contribution in [2.45, 2.75) is 40.0 Å². The fraction of sp³-hybridized carbons (Fsp3) is 0.381. The van der Waals surface area contributed by atoms with Crippen molar-refractivity contribution in [2.75, 3.05) is 24.3 Å². The molecule has 0 saturated carbocycles. The Labute approximate surface area is 150 Å². The third-order valence-corrected chi connectivity index (χ3v) is 4.21. The Bertz CT molecular complexity index is 739. The van der Waals surface area contributed by atoms with Gasteiger partial charge in [0.15, 0.2) is 0 Å². The van der Waals surface area contributed by atoms with Crippen molar-refractivity contribution in [2.24, 2.45) is 0 Å². The molecule has 0 aliphatic rings. The monoisotopic (exact) mass is 340 g/mol. The largest absolute Gasteiger partial charge is 0.495 e. The van der Waals surface area contributed by atoms with Gasteiger partial charge in [-0.2, -0.15) is 0 Å². The highest BCUT2D eigenvalue weighted by atomic mass is 16.5. The molecule has 25 heavy (non-hydrogen) atoms. The van der Waals surface area contributed by atoms with Gasteiger partial charge in [-0.05, 0) is 48.6 Å². The number of ether oxygens (including phenoxy) is 1. The van der Waals surface area contributed by atoms with E-state index in [1.54, 1.807) is 7.11 Å². The number of amides is 1. The normalized spacial score (nSPS) is 10.6. The fourth-order valence-corrected chi connectivity index (χ4v) is 2.85. The Morgan fingerprint density at radius 2 is 1.92 bits per heavy atom. The van der Waals surface area contributed by atoms with Crippen LogP contribution < -0.4 is 15.4 Å². The van der Waals surface area contributed by atoms with Gasteiger partial charge in [0.05, 0.1) is 12.8 Å². The number of carbonyl (C=O) groups is 1. The Kier molecular flexibility index (Phi) is 6.45. The molecule has 0 radical (unpaired) electrons. The molecule has 0 unspecified atom stereocenters. The third kappa shape index (κ3) is 4.99. The van der Waals surface area contributed by atoms with Crippen LogP contribution in [0, 0.1) is 13.8 Å². The van der Waals surface area contributed by atoms with E-state index in [2.05, 4.69) is 49.6 Å². The first-order valence-electron chi connectivity index (χ1n) is 8.70. The Hall–Kier alpha value is -2.49. The maximum atomic E-state index is 12.3. The van der Waals surface area contributed by atoms with E-state index in [1.807, 2.05) is 25.1 Å². The molecular weight excluding hydrogens is 312 g/mol. The van der Waals surface area contributed by atoms with E-state index in [-0.39, 0.29) is 5.91 Å². The van der Waals surface area contributed by atoms with Gasteiger partial charge < -0.3 is 15.4 Å². The Morgan fingerprint density at radius 3 is 2.60 bits per heavy atom. The molecule has 0 aliphatic carbocycles. The third-order valence-electron chi connectivity index (χ3n) is 4.21. The van der Waals surface area contributed by atoms with Gasteiger partial charge >= 0.3 is 0 Å². The first-order chi connectivity index (χ1) is 11.9. The number of anilines is 2. The lowest BCUT2D eigenvalue weighted by molar-refractivity contribution is -0.116. The second-order valence-electron chi connectivity index (χ2n) is 6.62. The molecule has 2 N–H and O–H groups in total. The lowest BCUT2D eigenvalue weighted by Gasteiger charge is -2.17. The van der Waals surface area contributed by atoms with Crippen LogP contribution in [0.1, 0.15) is 42.9 Å². The maximum absolute atomic E-state index is 12.3. The number of hydrogen-bond donors (Lipinski definition) is 2. The highest BCUT2D eigenvalue weighted by Gasteiger charge is 2.11. The topological polar surface area (TPSA) is 50.4 Å². The van der Waals surface area contributed by atoms with Crippen LogP contribution in [0.2, 0.25) is 0 Å². The molecule has 0 aromatic heterocycles. The van der Waals surface area contributed by atoms with Crippen LogP contribution in [-0.4, -0.2) is 19.6 Å². The van der Waals surface area contributed by atoms with E-state index in [0.717, 1.165) is 11.3 Å². The van der Waals surface area contributed by atoms with Crippen LogP contribution in [0.25, 0.3) is 0 Å². The van der Waals surface area contributed by atoms with Gasteiger partial charge in [-0.1, -0.05) is 38.1 Å². The van der Waals surface area contributed by atoms with Crippen LogP contribution in [0.5, 0.6) is 5.75 Å². The molecule has 0 heterocycles. The van der Waals surface area contributed by atoms with Crippen LogP contribution in [0.3, 0.4) is 0 Å². The average Bonchev–Trinajstić information content (AvgIpc) is 2.56. The molecule has 0 aliphatic heterocycles. The van der Waals surface area contributed by atoms with Crippen molar-refractivity contribution in [1.29, 1.82) is 0 Å². The van der Waals surface area contributed by atoms with Crippen molar-refractivity contribution in [3.05, 3.63) is 53.1 Å². The number of rotatable bonds is 7. The summed E-state index contributed by atoms with van der Waals surface area (Å²) in [5, 5.41) is 6.36. The summed E-state index contributed by atoms with van der Waals surface area (Å²) >= 11 is 0. The highest BCUT2D eigenvalue weighted by molar-refractivity contribution is 5.92. The maximum Gasteiger partial charge on any atom is 0.226 e. The molecule has 0 saturated heterocycles. The number of hydrogen-bond acceptors (Lipinski definition) is 3. The first kappa shape index (κ1) is 18.8. The number of carbonyl (C=O) groups excluding carboxylic acids is 1. The summed E-state index contributed by atoms with van der Waals surface area (Å²) in [6.07, 6.45) is 0.392. The highest BCUT2D eigenvalue weighted by Crippen LogP contribution is 2.28. The molecule has 2 aromatic rings. The summed E-state index contributed by atoms with van der Waals surface area (Å²) in [5.74, 6) is 1.08. The zero-order valence-corrected chi connectivity index (χ0v) is 15.8. The molecular formula is C21H28N2O2. The number of aryl methyl sites for hydroxylation is 2. The number of nitrogens with one attached hydrogen (secondary N) is 2. The SMILES string of the molecule is COc1ccc(C)cc1NC(=O)CCNc1c(C)cccc1C(C)C. The molecule has 2 rings (SSSR count). The van der Waals surface area contributed by atoms with E-state index in [0.29, 0.717) is 30.3 Å². The quantitative estimate of drug-likeness (QED) is 0.755. The standard InChI is InChI=1S/C21H28N2O2/c1-14(2)17-8-6-7-16(4)21(17)22-12-11-20(24)23-18-13-15(3)9-10-19(18)25-5/h6-10,13-14,22H,11-12H2,1-5H3,(H,23,24). The molecule has 0 bridgehead atoms. The molecule has 2 aromatic carbocycles. The molecule has 4 heteroatoms. The summed E-state index contributed by atoms with van der Waals surface area (Å²) < 4.78 is 5.30. The molecule has 0 atom stereocenters. The minimum absolute atomic E-state index is 0.0314. The summed E-state index contributed by atoms with van der Waals surface area (Å²) in [7, 11) is 1.60. The lowest BCUT2D eigenvalue weighted by atomic mass is 9.98. The number of benzene rings is 2. The van der Waals surface area contributed by atoms with Gasteiger partial charge in [0.25, 0.3) is 0 Å². The van der Waals surface area contributed by atoms with Gasteiger partial charge in [0, 0.05) is 18.7 Å². The van der Waals surface area contributed by atoms with Crippen LogP contribution in [0.15, 0.2) is 36.4 Å². The van der Waals surface area contributed by atoms with E-state index in [1.165, 1.54) is 11.1 Å². The van der Waals surface area contributed by atoms with Gasteiger partial charge in [0.1, 0.15) is 5.75 Å². The van der Waals surface area contributed by atoms with Crippen LogP contribution in [0.4, 0.5) is 11.4 Å². The van der Waals surface area contributed by atoms with Gasteiger partial charge in [0.2, 0.25) is 5.91 Å². The van der Waals surface area contributed by atoms with E-state index in [4.69, 9.17) is 4.74 Å². The average molecular weight is 340 g/mol. The number of methoxy groups -OCH3 is 1. The van der Waals surface area contributed by atoms with E-state index < -0.39 is 0 Å². The molecule has 0 fully saturated rings. The van der Waals surface area contributed by atoms with Gasteiger partial charge in [-0.3, -0.25) is 4.79 Å². The van der Waals surface area contributed by atoms with Gasteiger partial charge in [-0.15, -0.1) is 0 Å². The van der Waals surface area contributed by atoms with Crippen molar-refractivity contribution in [1.82, 2.24) is 0 Å². The minimum Gasteiger partial charge on any atom is -0.495 e. The predicted octanol–water partition coefficient (Wildman–Crippen LogP) is 4.88. The Morgan fingerprint density at radius 1 is 1.16 bits per heavy atom. The smallest absolute Gasteiger partial charge is 0.226 e. The van der Waals surface area contributed by atoms with Gasteiger partial charge in [-0.25, -0.2) is 0 Å². The van der Waals surface area contributed by atoms with Crippen molar-refractivity contribution in [3.63, 3.8) is 0 Å². The molecule has 134 valence electrons. The van der Waals surface area contributed by atoms with E-state index >= 15 is 0 Å². The summed E-state index contributed by atoms with van der Waals surface area (Å²) in [6.45, 7) is 9.02. The summed E-state index contributed by atoms with van der Waals surface area (Å²) in [4.78, 5) is 12.3. The summed E-state index contributed by atoms with van der Waals surface area (Å²) in [6, 6.07) is 12.0. The van der Waals surface area contributed by atoms with Crippen LogP contribution in [-0.2, 0) is 4.79 Å². The molecule has 4 nitrogen and oxygen atoms in total. The van der Waals surface area contributed by atoms with E-state index in [9.17, 15) is 4.79 Å².